The van der Waals surface area contributed by atoms with Crippen LogP contribution >= 0.6 is 11.5 Å². The van der Waals surface area contributed by atoms with Crippen LogP contribution in [0.2, 0.25) is 0 Å². The van der Waals surface area contributed by atoms with Crippen molar-refractivity contribution in [2.24, 2.45) is 0 Å². The summed E-state index contributed by atoms with van der Waals surface area (Å²) in [7, 11) is 2.05. The lowest BCUT2D eigenvalue weighted by Gasteiger charge is -2.34. The maximum absolute atomic E-state index is 14.8. The summed E-state index contributed by atoms with van der Waals surface area (Å²) in [6.45, 7) is 5.78. The van der Waals surface area contributed by atoms with Crippen LogP contribution in [0, 0.1) is 5.82 Å². The van der Waals surface area contributed by atoms with Gasteiger partial charge in [0.05, 0.1) is 11.2 Å². The van der Waals surface area contributed by atoms with Crippen molar-refractivity contribution in [1.29, 1.82) is 0 Å². The summed E-state index contributed by atoms with van der Waals surface area (Å²) in [5, 5.41) is 0.375. The van der Waals surface area contributed by atoms with E-state index in [1.165, 1.54) is 6.07 Å². The number of piperazine rings is 1. The van der Waals surface area contributed by atoms with Crippen LogP contribution in [0.25, 0.3) is 21.1 Å². The van der Waals surface area contributed by atoms with E-state index in [-0.39, 0.29) is 10.8 Å². The minimum Gasteiger partial charge on any atom is -0.367 e. The molecule has 1 saturated heterocycles. The third kappa shape index (κ3) is 2.47. The molecule has 1 aromatic carbocycles. The van der Waals surface area contributed by atoms with E-state index in [1.807, 2.05) is 23.4 Å². The van der Waals surface area contributed by atoms with Crippen molar-refractivity contribution >= 4 is 38.3 Å². The van der Waals surface area contributed by atoms with Gasteiger partial charge >= 0.3 is 0 Å². The predicted molar refractivity (Wildman–Crippen MR) is 99.6 cm³/mol. The fraction of sp³-hybridized carbons (Fsp3) is 0.412. The molecule has 132 valence electrons. The molecule has 6 nitrogen and oxygen atoms in total. The third-order valence-electron chi connectivity index (χ3n) is 4.91. The molecular formula is C17H19FN4O2S. The van der Waals surface area contributed by atoms with Gasteiger partial charge in [-0.3, -0.25) is 14.0 Å². The van der Waals surface area contributed by atoms with Gasteiger partial charge < -0.3 is 14.4 Å². The van der Waals surface area contributed by atoms with Crippen molar-refractivity contribution in [1.82, 2.24) is 13.8 Å². The van der Waals surface area contributed by atoms with Crippen LogP contribution < -0.4 is 15.9 Å². The number of anilines is 1. The Bertz CT molecular complexity index is 1080. The van der Waals surface area contributed by atoms with Crippen molar-refractivity contribution in [2.75, 3.05) is 38.1 Å². The maximum Gasteiger partial charge on any atom is 0.271 e. The van der Waals surface area contributed by atoms with Crippen LogP contribution in [0.15, 0.2) is 21.7 Å². The number of benzene rings is 1. The number of aromatic amines is 1. The van der Waals surface area contributed by atoms with Crippen LogP contribution in [0.5, 0.6) is 0 Å². The van der Waals surface area contributed by atoms with E-state index < -0.39 is 16.8 Å². The number of nitrogens with one attached hydrogen (secondary N) is 1. The monoisotopic (exact) mass is 362 g/mol. The van der Waals surface area contributed by atoms with Gasteiger partial charge in [-0.25, -0.2) is 4.39 Å². The molecule has 0 atom stereocenters. The second-order valence-electron chi connectivity index (χ2n) is 6.40. The first-order chi connectivity index (χ1) is 12.0. The highest BCUT2D eigenvalue weighted by Crippen LogP contribution is 2.28. The molecule has 3 heterocycles. The maximum atomic E-state index is 14.8. The van der Waals surface area contributed by atoms with Gasteiger partial charge in [-0.1, -0.05) is 0 Å². The Hall–Kier alpha value is -2.19. The summed E-state index contributed by atoms with van der Waals surface area (Å²) in [6.07, 6.45) is 0. The summed E-state index contributed by atoms with van der Waals surface area (Å²) < 4.78 is 19.3. The number of hydrogen-bond acceptors (Lipinski definition) is 5. The quantitative estimate of drug-likeness (QED) is 0.755. The summed E-state index contributed by atoms with van der Waals surface area (Å²) in [4.78, 5) is 29.5. The molecule has 1 N–H and O–H groups in total. The molecule has 0 unspecified atom stereocenters. The zero-order valence-corrected chi connectivity index (χ0v) is 15.0. The van der Waals surface area contributed by atoms with Crippen LogP contribution in [0.3, 0.4) is 0 Å². The molecule has 3 aromatic rings. The van der Waals surface area contributed by atoms with Gasteiger partial charge in [0, 0.05) is 38.1 Å². The topological polar surface area (TPSA) is 61.3 Å². The van der Waals surface area contributed by atoms with E-state index in [0.29, 0.717) is 22.6 Å². The highest BCUT2D eigenvalue weighted by molar-refractivity contribution is 7.12. The SMILES string of the molecule is CCn1c2cc(N3CCN(C)CC3)c(F)cc2c(=O)c2c(=O)[nH]sc21. The molecule has 0 spiro atoms. The van der Waals surface area contributed by atoms with Gasteiger partial charge in [-0.15, -0.1) is 0 Å². The fourth-order valence-electron chi connectivity index (χ4n) is 3.49. The summed E-state index contributed by atoms with van der Waals surface area (Å²) in [6, 6.07) is 3.04. The number of fused-ring (bicyclic) bond motifs is 2. The average molecular weight is 362 g/mol. The van der Waals surface area contributed by atoms with Gasteiger partial charge in [0.15, 0.2) is 0 Å². The predicted octanol–water partition coefficient (Wildman–Crippen LogP) is 1.82. The zero-order chi connectivity index (χ0) is 17.7. The minimum atomic E-state index is -0.414. The van der Waals surface area contributed by atoms with E-state index in [0.717, 1.165) is 37.7 Å². The van der Waals surface area contributed by atoms with Crippen molar-refractivity contribution in [3.8, 4) is 0 Å². The molecule has 0 bridgehead atoms. The van der Waals surface area contributed by atoms with E-state index in [4.69, 9.17) is 0 Å². The number of aryl methyl sites for hydroxylation is 1. The normalized spacial score (nSPS) is 16.2. The Morgan fingerprint density at radius 2 is 1.92 bits per heavy atom. The van der Waals surface area contributed by atoms with Gasteiger partial charge in [0.2, 0.25) is 5.43 Å². The van der Waals surface area contributed by atoms with Gasteiger partial charge in [0.25, 0.3) is 5.56 Å². The molecule has 4 rings (SSSR count). The highest BCUT2D eigenvalue weighted by Gasteiger charge is 2.21. The lowest BCUT2D eigenvalue weighted by atomic mass is 10.1. The van der Waals surface area contributed by atoms with E-state index in [9.17, 15) is 14.0 Å². The average Bonchev–Trinajstić information content (AvgIpc) is 2.98. The molecule has 0 saturated carbocycles. The number of hydrogen-bond donors (Lipinski definition) is 1. The Morgan fingerprint density at radius 3 is 2.60 bits per heavy atom. The molecule has 0 radical (unpaired) electrons. The Labute approximate surface area is 147 Å². The molecule has 0 aliphatic carbocycles. The molecular weight excluding hydrogens is 343 g/mol. The van der Waals surface area contributed by atoms with Crippen LogP contribution in [0.1, 0.15) is 6.92 Å². The highest BCUT2D eigenvalue weighted by atomic mass is 32.1. The van der Waals surface area contributed by atoms with Crippen molar-refractivity contribution in [2.45, 2.75) is 13.5 Å². The van der Waals surface area contributed by atoms with Gasteiger partial charge in [0.1, 0.15) is 16.0 Å². The number of likely N-dealkylation sites (N-methyl/N-ethyl adjacent to an activating group) is 1. The Morgan fingerprint density at radius 1 is 1.20 bits per heavy atom. The second kappa shape index (κ2) is 5.96. The second-order valence-corrected chi connectivity index (χ2v) is 7.19. The molecule has 1 aliphatic rings. The molecule has 2 aromatic heterocycles. The Kier molecular flexibility index (Phi) is 3.88. The fourth-order valence-corrected chi connectivity index (χ4v) is 4.40. The largest absolute Gasteiger partial charge is 0.367 e. The van der Waals surface area contributed by atoms with Crippen LogP contribution in [0.4, 0.5) is 10.1 Å². The van der Waals surface area contributed by atoms with Crippen LogP contribution in [-0.4, -0.2) is 47.1 Å². The van der Waals surface area contributed by atoms with Crippen molar-refractivity contribution < 1.29 is 4.39 Å². The lowest BCUT2D eigenvalue weighted by Crippen LogP contribution is -2.44. The van der Waals surface area contributed by atoms with E-state index in [2.05, 4.69) is 9.27 Å². The minimum absolute atomic E-state index is 0.117. The smallest absolute Gasteiger partial charge is 0.271 e. The first kappa shape index (κ1) is 16.3. The van der Waals surface area contributed by atoms with Crippen molar-refractivity contribution in [3.63, 3.8) is 0 Å². The summed E-state index contributed by atoms with van der Waals surface area (Å²) in [5.41, 5.74) is 0.383. The first-order valence-electron chi connectivity index (χ1n) is 8.32. The van der Waals surface area contributed by atoms with Gasteiger partial charge in [-0.2, -0.15) is 0 Å². The molecule has 25 heavy (non-hydrogen) atoms. The van der Waals surface area contributed by atoms with Crippen LogP contribution in [-0.2, 0) is 6.54 Å². The third-order valence-corrected chi connectivity index (χ3v) is 5.82. The van der Waals surface area contributed by atoms with E-state index in [1.54, 1.807) is 6.07 Å². The first-order valence-corrected chi connectivity index (χ1v) is 9.13. The number of nitrogens with zero attached hydrogens (tertiary/aromatic N) is 3. The number of pyridine rings is 1. The summed E-state index contributed by atoms with van der Waals surface area (Å²) in [5.74, 6) is -0.414. The number of H-pyrrole nitrogens is 1. The molecule has 1 fully saturated rings. The van der Waals surface area contributed by atoms with Crippen molar-refractivity contribution in [3.05, 3.63) is 38.5 Å². The van der Waals surface area contributed by atoms with E-state index >= 15 is 0 Å². The molecule has 8 heteroatoms. The number of halogens is 1. The molecule has 0 amide bonds. The standard InChI is InChI=1S/C17H19FN4O2S/c1-3-22-12-9-13(21-6-4-20(2)5-7-21)11(18)8-10(12)15(23)14-16(24)19-25-17(14)22/h8-9H,3-7H2,1-2H3,(H,19,24). The molecule has 1 aliphatic heterocycles. The lowest BCUT2D eigenvalue weighted by molar-refractivity contribution is 0.312. The van der Waals surface area contributed by atoms with Gasteiger partial charge in [-0.05, 0) is 37.6 Å². The number of aromatic nitrogens is 2. The Balaban J connectivity index is 2.00. The summed E-state index contributed by atoms with van der Waals surface area (Å²) >= 11 is 1.15. The number of rotatable bonds is 2. The zero-order valence-electron chi connectivity index (χ0n) is 14.1.